The molecule has 0 spiro atoms. The second-order valence-corrected chi connectivity index (χ2v) is 5.67. The number of rotatable bonds is 5. The molecule has 0 fully saturated rings. The molecule has 26 heavy (non-hydrogen) atoms. The van der Waals surface area contributed by atoms with Crippen LogP contribution in [0.5, 0.6) is 5.75 Å². The van der Waals surface area contributed by atoms with E-state index in [9.17, 15) is 4.79 Å². The van der Waals surface area contributed by atoms with Crippen LogP contribution >= 0.6 is 0 Å². The van der Waals surface area contributed by atoms with Gasteiger partial charge >= 0.3 is 6.03 Å². The average Bonchev–Trinajstić information content (AvgIpc) is 2.69. The van der Waals surface area contributed by atoms with E-state index in [1.54, 1.807) is 25.3 Å². The van der Waals surface area contributed by atoms with Crippen LogP contribution < -0.4 is 10.1 Å². The Labute approximate surface area is 151 Å². The van der Waals surface area contributed by atoms with Crippen molar-refractivity contribution in [2.24, 2.45) is 0 Å². The van der Waals surface area contributed by atoms with E-state index in [2.05, 4.69) is 20.5 Å². The van der Waals surface area contributed by atoms with Crippen molar-refractivity contribution < 1.29 is 9.53 Å². The fourth-order valence-corrected chi connectivity index (χ4v) is 2.37. The third-order valence-corrected chi connectivity index (χ3v) is 3.77. The van der Waals surface area contributed by atoms with Gasteiger partial charge in [0.1, 0.15) is 5.75 Å². The lowest BCUT2D eigenvalue weighted by atomic mass is 10.2. The van der Waals surface area contributed by atoms with Crippen molar-refractivity contribution in [3.63, 3.8) is 0 Å². The van der Waals surface area contributed by atoms with Crippen molar-refractivity contribution >= 4 is 12.0 Å². The lowest BCUT2D eigenvalue weighted by molar-refractivity contribution is 0.220. The molecule has 7 nitrogen and oxygen atoms in total. The number of aromatic nitrogens is 3. The summed E-state index contributed by atoms with van der Waals surface area (Å²) in [4.78, 5) is 18.3. The Morgan fingerprint density at radius 3 is 2.54 bits per heavy atom. The van der Waals surface area contributed by atoms with Crippen LogP contribution in [-0.2, 0) is 6.54 Å². The van der Waals surface area contributed by atoms with Crippen LogP contribution in [0.15, 0.2) is 60.8 Å². The molecule has 3 rings (SSSR count). The molecular formula is C19H19N5O2. The van der Waals surface area contributed by atoms with Crippen molar-refractivity contribution in [3.05, 3.63) is 66.4 Å². The summed E-state index contributed by atoms with van der Waals surface area (Å²) in [7, 11) is 3.32. The molecule has 132 valence electrons. The number of carbonyl (C=O) groups is 1. The van der Waals surface area contributed by atoms with Gasteiger partial charge in [0.05, 0.1) is 19.0 Å². The number of benzene rings is 2. The first-order valence-corrected chi connectivity index (χ1v) is 8.06. The Bertz CT molecular complexity index is 869. The highest BCUT2D eigenvalue weighted by Gasteiger charge is 2.12. The van der Waals surface area contributed by atoms with Crippen molar-refractivity contribution in [2.75, 3.05) is 19.5 Å². The van der Waals surface area contributed by atoms with Gasteiger partial charge in [-0.3, -0.25) is 5.32 Å². The van der Waals surface area contributed by atoms with Gasteiger partial charge < -0.3 is 9.64 Å². The van der Waals surface area contributed by atoms with E-state index in [0.29, 0.717) is 12.2 Å². The second kappa shape index (κ2) is 8.06. The topological polar surface area (TPSA) is 80.2 Å². The van der Waals surface area contributed by atoms with Crippen molar-refractivity contribution in [3.8, 4) is 17.0 Å². The molecular weight excluding hydrogens is 330 g/mol. The number of amides is 2. The summed E-state index contributed by atoms with van der Waals surface area (Å²) in [6.45, 7) is 0.446. The molecule has 0 aliphatic heterocycles. The predicted octanol–water partition coefficient (Wildman–Crippen LogP) is 3.21. The molecule has 0 saturated carbocycles. The average molecular weight is 349 g/mol. The minimum atomic E-state index is -0.312. The zero-order valence-electron chi connectivity index (χ0n) is 14.6. The molecule has 0 aliphatic carbocycles. The number of hydrogen-bond acceptors (Lipinski definition) is 5. The molecule has 0 bridgehead atoms. The number of carbonyl (C=O) groups excluding carboxylic acids is 1. The fourth-order valence-electron chi connectivity index (χ4n) is 2.37. The first kappa shape index (κ1) is 17.3. The summed E-state index contributed by atoms with van der Waals surface area (Å²) in [6.07, 6.45) is 1.56. The molecule has 2 amide bonds. The van der Waals surface area contributed by atoms with Gasteiger partial charge in [-0.2, -0.15) is 5.10 Å². The lowest BCUT2D eigenvalue weighted by Crippen LogP contribution is -2.31. The fraction of sp³-hybridized carbons (Fsp3) is 0.158. The maximum absolute atomic E-state index is 12.4. The summed E-state index contributed by atoms with van der Waals surface area (Å²) in [5, 5.41) is 10.5. The number of methoxy groups -OCH3 is 1. The SMILES string of the molecule is COc1ccc(CN(C)C(=O)Nc2nncc(-c3ccccc3)n2)cc1. The van der Waals surface area contributed by atoms with Crippen LogP contribution in [0, 0.1) is 0 Å². The summed E-state index contributed by atoms with van der Waals surface area (Å²) in [6, 6.07) is 16.8. The highest BCUT2D eigenvalue weighted by Crippen LogP contribution is 2.16. The van der Waals surface area contributed by atoms with Crippen LogP contribution in [0.3, 0.4) is 0 Å². The monoisotopic (exact) mass is 349 g/mol. The normalized spacial score (nSPS) is 10.2. The lowest BCUT2D eigenvalue weighted by Gasteiger charge is -2.17. The van der Waals surface area contributed by atoms with Gasteiger partial charge in [0.15, 0.2) is 0 Å². The maximum Gasteiger partial charge on any atom is 0.324 e. The first-order valence-electron chi connectivity index (χ1n) is 8.06. The summed E-state index contributed by atoms with van der Waals surface area (Å²) < 4.78 is 5.13. The van der Waals surface area contributed by atoms with E-state index >= 15 is 0 Å². The molecule has 1 heterocycles. The number of hydrogen-bond donors (Lipinski definition) is 1. The van der Waals surface area contributed by atoms with Crippen LogP contribution in [-0.4, -0.2) is 40.3 Å². The smallest absolute Gasteiger partial charge is 0.324 e. The van der Waals surface area contributed by atoms with Gasteiger partial charge in [-0.1, -0.05) is 42.5 Å². The third kappa shape index (κ3) is 4.32. The number of nitrogens with zero attached hydrogens (tertiary/aromatic N) is 4. The van der Waals surface area contributed by atoms with Crippen LogP contribution in [0.4, 0.5) is 10.7 Å². The minimum Gasteiger partial charge on any atom is -0.497 e. The number of nitrogens with one attached hydrogen (secondary N) is 1. The molecule has 0 radical (unpaired) electrons. The zero-order chi connectivity index (χ0) is 18.4. The van der Waals surface area contributed by atoms with Crippen LogP contribution in [0.2, 0.25) is 0 Å². The Kier molecular flexibility index (Phi) is 5.38. The van der Waals surface area contributed by atoms with Gasteiger partial charge in [-0.25, -0.2) is 9.78 Å². The van der Waals surface area contributed by atoms with Crippen LogP contribution in [0.1, 0.15) is 5.56 Å². The van der Waals surface area contributed by atoms with E-state index in [-0.39, 0.29) is 12.0 Å². The Morgan fingerprint density at radius 1 is 1.12 bits per heavy atom. The van der Waals surface area contributed by atoms with E-state index < -0.39 is 0 Å². The zero-order valence-corrected chi connectivity index (χ0v) is 14.6. The van der Waals surface area contributed by atoms with E-state index in [4.69, 9.17) is 4.74 Å². The highest BCUT2D eigenvalue weighted by molar-refractivity contribution is 5.87. The minimum absolute atomic E-state index is 0.165. The standard InChI is InChI=1S/C19H19N5O2/c1-24(13-14-8-10-16(26-2)11-9-14)19(25)22-18-21-17(12-20-23-18)15-6-4-3-5-7-15/h3-12H,13H2,1-2H3,(H,21,22,23,25). The van der Waals surface area contributed by atoms with Gasteiger partial charge in [0, 0.05) is 19.2 Å². The quantitative estimate of drug-likeness (QED) is 0.765. The molecule has 3 aromatic rings. The van der Waals surface area contributed by atoms with Gasteiger partial charge in [0.25, 0.3) is 5.95 Å². The summed E-state index contributed by atoms with van der Waals surface area (Å²) >= 11 is 0. The van der Waals surface area contributed by atoms with Crippen molar-refractivity contribution in [1.29, 1.82) is 0 Å². The third-order valence-electron chi connectivity index (χ3n) is 3.77. The highest BCUT2D eigenvalue weighted by atomic mass is 16.5. The molecule has 0 saturated heterocycles. The Morgan fingerprint density at radius 2 is 1.85 bits per heavy atom. The molecule has 0 atom stereocenters. The number of anilines is 1. The predicted molar refractivity (Wildman–Crippen MR) is 98.7 cm³/mol. The molecule has 1 aromatic heterocycles. The van der Waals surface area contributed by atoms with Gasteiger partial charge in [0.2, 0.25) is 0 Å². The summed E-state index contributed by atoms with van der Waals surface area (Å²) in [5.74, 6) is 0.941. The number of urea groups is 1. The first-order chi connectivity index (χ1) is 12.7. The maximum atomic E-state index is 12.4. The molecule has 1 N–H and O–H groups in total. The van der Waals surface area contributed by atoms with E-state index in [0.717, 1.165) is 16.9 Å². The van der Waals surface area contributed by atoms with Gasteiger partial charge in [-0.05, 0) is 17.7 Å². The van der Waals surface area contributed by atoms with Crippen molar-refractivity contribution in [1.82, 2.24) is 20.1 Å². The Balaban J connectivity index is 1.65. The molecule has 0 aliphatic rings. The molecule has 2 aromatic carbocycles. The largest absolute Gasteiger partial charge is 0.497 e. The van der Waals surface area contributed by atoms with Crippen LogP contribution in [0.25, 0.3) is 11.3 Å². The Hall–Kier alpha value is -3.48. The second-order valence-electron chi connectivity index (χ2n) is 5.67. The van der Waals surface area contributed by atoms with Crippen molar-refractivity contribution in [2.45, 2.75) is 6.54 Å². The molecule has 7 heteroatoms. The summed E-state index contributed by atoms with van der Waals surface area (Å²) in [5.41, 5.74) is 2.54. The van der Waals surface area contributed by atoms with E-state index in [1.807, 2.05) is 54.6 Å². The van der Waals surface area contributed by atoms with Gasteiger partial charge in [-0.15, -0.1) is 5.10 Å². The number of ether oxygens (including phenoxy) is 1. The molecule has 0 unspecified atom stereocenters. The van der Waals surface area contributed by atoms with E-state index in [1.165, 1.54) is 0 Å².